The van der Waals surface area contributed by atoms with Crippen molar-refractivity contribution in [1.29, 1.82) is 0 Å². The Morgan fingerprint density at radius 2 is 1.70 bits per heavy atom. The van der Waals surface area contributed by atoms with Crippen LogP contribution in [0.4, 0.5) is 19.0 Å². The summed E-state index contributed by atoms with van der Waals surface area (Å²) in [6, 6.07) is 15.4. The van der Waals surface area contributed by atoms with Crippen LogP contribution in [0, 0.1) is 6.92 Å². The average Bonchev–Trinajstić information content (AvgIpc) is 2.74. The van der Waals surface area contributed by atoms with Crippen LogP contribution in [0.25, 0.3) is 10.9 Å². The van der Waals surface area contributed by atoms with Crippen molar-refractivity contribution in [3.63, 3.8) is 0 Å². The Hall–Kier alpha value is -3.00. The van der Waals surface area contributed by atoms with E-state index < -0.39 is 18.0 Å². The second-order valence-electron chi connectivity index (χ2n) is 8.08. The van der Waals surface area contributed by atoms with Crippen LogP contribution in [0.1, 0.15) is 41.6 Å². The van der Waals surface area contributed by atoms with Gasteiger partial charge in [-0.1, -0.05) is 24.3 Å². The molecule has 1 aliphatic carbocycles. The van der Waals surface area contributed by atoms with E-state index in [1.54, 1.807) is 0 Å². The minimum Gasteiger partial charge on any atom is -0.406 e. The number of hydrogen-bond donors (Lipinski definition) is 2. The van der Waals surface area contributed by atoms with Crippen LogP contribution in [0.2, 0.25) is 0 Å². The molecule has 176 valence electrons. The number of aryl methyl sites for hydroxylation is 1. The van der Waals surface area contributed by atoms with Crippen molar-refractivity contribution in [2.24, 2.45) is 0 Å². The number of para-hydroxylation sites is 1. The SMILES string of the molecule is Cc1cc(NC2CCC(NC(=O)c3cccc(OC(F)(F)F)c3)CC2)nc2ccccc12.Cl. The molecule has 3 aromatic rings. The monoisotopic (exact) mass is 479 g/mol. The summed E-state index contributed by atoms with van der Waals surface area (Å²) in [5, 5.41) is 7.56. The maximum Gasteiger partial charge on any atom is 0.573 e. The highest BCUT2D eigenvalue weighted by Crippen LogP contribution is 2.26. The lowest BCUT2D eigenvalue weighted by Gasteiger charge is -2.30. The van der Waals surface area contributed by atoms with E-state index in [2.05, 4.69) is 28.4 Å². The Balaban J connectivity index is 0.00000306. The molecule has 1 amide bonds. The third-order valence-electron chi connectivity index (χ3n) is 5.67. The van der Waals surface area contributed by atoms with Gasteiger partial charge < -0.3 is 15.4 Å². The van der Waals surface area contributed by atoms with E-state index >= 15 is 0 Å². The first-order valence-electron chi connectivity index (χ1n) is 10.6. The predicted molar refractivity (Wildman–Crippen MR) is 124 cm³/mol. The zero-order valence-corrected chi connectivity index (χ0v) is 18.8. The Kier molecular flexibility index (Phi) is 7.68. The Morgan fingerprint density at radius 1 is 1.00 bits per heavy atom. The first kappa shape index (κ1) is 24.6. The summed E-state index contributed by atoms with van der Waals surface area (Å²) < 4.78 is 41.1. The normalized spacial score (nSPS) is 18.3. The number of hydrogen-bond acceptors (Lipinski definition) is 4. The molecule has 4 rings (SSSR count). The highest BCUT2D eigenvalue weighted by atomic mass is 35.5. The van der Waals surface area contributed by atoms with Crippen molar-refractivity contribution < 1.29 is 22.7 Å². The van der Waals surface area contributed by atoms with Crippen molar-refractivity contribution in [2.75, 3.05) is 5.32 Å². The number of halogens is 4. The molecule has 2 aromatic carbocycles. The molecule has 0 saturated heterocycles. The Labute approximate surface area is 196 Å². The van der Waals surface area contributed by atoms with Crippen molar-refractivity contribution >= 4 is 35.0 Å². The van der Waals surface area contributed by atoms with Crippen LogP contribution in [0.5, 0.6) is 5.75 Å². The number of amides is 1. The molecule has 0 atom stereocenters. The number of aromatic nitrogens is 1. The topological polar surface area (TPSA) is 63.2 Å². The minimum absolute atomic E-state index is 0. The fraction of sp³-hybridized carbons (Fsp3) is 0.333. The van der Waals surface area contributed by atoms with Gasteiger partial charge in [0.2, 0.25) is 0 Å². The van der Waals surface area contributed by atoms with E-state index in [0.717, 1.165) is 54.0 Å². The largest absolute Gasteiger partial charge is 0.573 e. The third-order valence-corrected chi connectivity index (χ3v) is 5.67. The van der Waals surface area contributed by atoms with E-state index in [-0.39, 0.29) is 30.1 Å². The van der Waals surface area contributed by atoms with Gasteiger partial charge in [-0.05, 0) is 68.5 Å². The maximum absolute atomic E-state index is 12.5. The van der Waals surface area contributed by atoms with E-state index in [1.165, 1.54) is 18.2 Å². The number of pyridine rings is 1. The molecule has 0 unspecified atom stereocenters. The number of fused-ring (bicyclic) bond motifs is 1. The Bertz CT molecular complexity index is 1120. The highest BCUT2D eigenvalue weighted by Gasteiger charge is 2.31. The number of carbonyl (C=O) groups is 1. The van der Waals surface area contributed by atoms with E-state index in [9.17, 15) is 18.0 Å². The second kappa shape index (κ2) is 10.3. The van der Waals surface area contributed by atoms with Gasteiger partial charge in [-0.15, -0.1) is 25.6 Å². The summed E-state index contributed by atoms with van der Waals surface area (Å²) in [7, 11) is 0. The molecule has 9 heteroatoms. The molecule has 0 radical (unpaired) electrons. The molecule has 0 aliphatic heterocycles. The van der Waals surface area contributed by atoms with Gasteiger partial charge in [-0.3, -0.25) is 4.79 Å². The molecule has 1 fully saturated rings. The van der Waals surface area contributed by atoms with E-state index in [0.29, 0.717) is 0 Å². The summed E-state index contributed by atoms with van der Waals surface area (Å²) in [5.41, 5.74) is 2.26. The summed E-state index contributed by atoms with van der Waals surface area (Å²) in [6.45, 7) is 2.07. The van der Waals surface area contributed by atoms with Crippen LogP contribution >= 0.6 is 12.4 Å². The van der Waals surface area contributed by atoms with Crippen LogP contribution in [-0.2, 0) is 0 Å². The van der Waals surface area contributed by atoms with E-state index in [1.807, 2.05) is 24.3 Å². The van der Waals surface area contributed by atoms with Crippen LogP contribution in [0.15, 0.2) is 54.6 Å². The quantitative estimate of drug-likeness (QED) is 0.470. The fourth-order valence-electron chi connectivity index (χ4n) is 4.12. The van der Waals surface area contributed by atoms with Crippen LogP contribution in [-0.4, -0.2) is 29.3 Å². The van der Waals surface area contributed by atoms with Gasteiger partial charge in [-0.25, -0.2) is 4.98 Å². The number of carbonyl (C=O) groups excluding carboxylic acids is 1. The number of alkyl halides is 3. The van der Waals surface area contributed by atoms with Gasteiger partial charge in [0.25, 0.3) is 5.91 Å². The number of nitrogens with zero attached hydrogens (tertiary/aromatic N) is 1. The van der Waals surface area contributed by atoms with Gasteiger partial charge in [0.15, 0.2) is 0 Å². The molecule has 1 heterocycles. The third kappa shape index (κ3) is 6.51. The van der Waals surface area contributed by atoms with Crippen molar-refractivity contribution in [3.8, 4) is 5.75 Å². The summed E-state index contributed by atoms with van der Waals surface area (Å²) >= 11 is 0. The van der Waals surface area contributed by atoms with Crippen molar-refractivity contribution in [2.45, 2.75) is 51.1 Å². The maximum atomic E-state index is 12.5. The first-order valence-corrected chi connectivity index (χ1v) is 10.6. The Morgan fingerprint density at radius 3 is 2.42 bits per heavy atom. The summed E-state index contributed by atoms with van der Waals surface area (Å²) in [6.07, 6.45) is -1.53. The standard InChI is InChI=1S/C24H24F3N3O2.ClH/c1-15-13-22(30-21-8-3-2-7-20(15)21)28-17-9-11-18(12-10-17)29-23(31)16-5-4-6-19(14-16)32-24(25,26)27;/h2-8,13-14,17-18H,9-12H2,1H3,(H,28,30)(H,29,31);1H. The average molecular weight is 480 g/mol. The lowest BCUT2D eigenvalue weighted by atomic mass is 9.91. The lowest BCUT2D eigenvalue weighted by Crippen LogP contribution is -2.40. The fourth-order valence-corrected chi connectivity index (χ4v) is 4.12. The molecule has 2 N–H and O–H groups in total. The second-order valence-corrected chi connectivity index (χ2v) is 8.08. The molecule has 1 saturated carbocycles. The van der Waals surface area contributed by atoms with Gasteiger partial charge in [-0.2, -0.15) is 0 Å². The molecule has 1 aromatic heterocycles. The zero-order valence-electron chi connectivity index (χ0n) is 18.0. The van der Waals surface area contributed by atoms with Crippen molar-refractivity contribution in [3.05, 3.63) is 65.7 Å². The smallest absolute Gasteiger partial charge is 0.406 e. The summed E-state index contributed by atoms with van der Waals surface area (Å²) in [4.78, 5) is 17.2. The number of anilines is 1. The number of ether oxygens (including phenoxy) is 1. The summed E-state index contributed by atoms with van der Waals surface area (Å²) in [5.74, 6) is 0.0345. The number of rotatable bonds is 5. The lowest BCUT2D eigenvalue weighted by molar-refractivity contribution is -0.274. The van der Waals surface area contributed by atoms with Crippen LogP contribution in [0.3, 0.4) is 0 Å². The molecule has 0 bridgehead atoms. The molecular weight excluding hydrogens is 455 g/mol. The molecule has 0 spiro atoms. The number of benzene rings is 2. The van der Waals surface area contributed by atoms with Gasteiger partial charge in [0.05, 0.1) is 5.52 Å². The van der Waals surface area contributed by atoms with E-state index in [4.69, 9.17) is 4.98 Å². The zero-order chi connectivity index (χ0) is 22.7. The minimum atomic E-state index is -4.79. The van der Waals surface area contributed by atoms with Gasteiger partial charge in [0, 0.05) is 23.0 Å². The van der Waals surface area contributed by atoms with Crippen LogP contribution < -0.4 is 15.4 Å². The molecular formula is C24H25ClF3N3O2. The predicted octanol–water partition coefficient (Wildman–Crippen LogP) is 6.02. The highest BCUT2D eigenvalue weighted by molar-refractivity contribution is 5.94. The van der Waals surface area contributed by atoms with Crippen molar-refractivity contribution in [1.82, 2.24) is 10.3 Å². The molecule has 1 aliphatic rings. The number of nitrogens with one attached hydrogen (secondary N) is 2. The van der Waals surface area contributed by atoms with Gasteiger partial charge >= 0.3 is 6.36 Å². The van der Waals surface area contributed by atoms with Gasteiger partial charge in [0.1, 0.15) is 11.6 Å². The molecule has 5 nitrogen and oxygen atoms in total. The molecule has 33 heavy (non-hydrogen) atoms. The first-order chi connectivity index (χ1) is 15.3.